The Bertz CT molecular complexity index is 786. The van der Waals surface area contributed by atoms with Crippen LogP contribution in [0.4, 0.5) is 0 Å². The molecule has 0 aliphatic carbocycles. The predicted molar refractivity (Wildman–Crippen MR) is 86.7 cm³/mol. The SMILES string of the molecule is O=C(NCc1cccc(Br)c1)c1ncnn1-c1ccccc1. The van der Waals surface area contributed by atoms with Crippen molar-refractivity contribution in [2.75, 3.05) is 0 Å². The summed E-state index contributed by atoms with van der Waals surface area (Å²) in [4.78, 5) is 16.4. The maximum Gasteiger partial charge on any atom is 0.289 e. The minimum Gasteiger partial charge on any atom is -0.345 e. The molecule has 110 valence electrons. The molecule has 0 bridgehead atoms. The van der Waals surface area contributed by atoms with Crippen LogP contribution in [-0.4, -0.2) is 20.7 Å². The number of carbonyl (C=O) groups is 1. The molecule has 6 heteroatoms. The van der Waals surface area contributed by atoms with Gasteiger partial charge in [-0.1, -0.05) is 46.3 Å². The summed E-state index contributed by atoms with van der Waals surface area (Å²) in [5, 5.41) is 6.97. The normalized spacial score (nSPS) is 10.4. The van der Waals surface area contributed by atoms with Crippen molar-refractivity contribution >= 4 is 21.8 Å². The van der Waals surface area contributed by atoms with E-state index in [4.69, 9.17) is 0 Å². The Hall–Kier alpha value is -2.47. The fourth-order valence-corrected chi connectivity index (χ4v) is 2.51. The van der Waals surface area contributed by atoms with Crippen molar-refractivity contribution in [1.82, 2.24) is 20.1 Å². The van der Waals surface area contributed by atoms with Gasteiger partial charge in [-0.05, 0) is 29.8 Å². The van der Waals surface area contributed by atoms with E-state index in [1.807, 2.05) is 54.6 Å². The van der Waals surface area contributed by atoms with Crippen molar-refractivity contribution in [3.05, 3.63) is 76.8 Å². The van der Waals surface area contributed by atoms with E-state index in [1.165, 1.54) is 11.0 Å². The summed E-state index contributed by atoms with van der Waals surface area (Å²) in [6, 6.07) is 17.2. The summed E-state index contributed by atoms with van der Waals surface area (Å²) >= 11 is 3.41. The minimum atomic E-state index is -0.263. The monoisotopic (exact) mass is 356 g/mol. The van der Waals surface area contributed by atoms with Crippen LogP contribution in [0.1, 0.15) is 16.2 Å². The first kappa shape index (κ1) is 14.5. The molecule has 0 saturated carbocycles. The van der Waals surface area contributed by atoms with Gasteiger partial charge in [-0.25, -0.2) is 9.67 Å². The Morgan fingerprint density at radius 1 is 1.14 bits per heavy atom. The van der Waals surface area contributed by atoms with Crippen LogP contribution in [0, 0.1) is 0 Å². The lowest BCUT2D eigenvalue weighted by molar-refractivity contribution is 0.0938. The van der Waals surface area contributed by atoms with Crippen LogP contribution in [0.25, 0.3) is 5.69 Å². The molecular weight excluding hydrogens is 344 g/mol. The highest BCUT2D eigenvalue weighted by atomic mass is 79.9. The molecular formula is C16H13BrN4O. The Morgan fingerprint density at radius 2 is 1.95 bits per heavy atom. The second-order valence-electron chi connectivity index (χ2n) is 4.64. The first-order valence-electron chi connectivity index (χ1n) is 6.72. The zero-order chi connectivity index (χ0) is 15.4. The molecule has 0 radical (unpaired) electrons. The Labute approximate surface area is 136 Å². The van der Waals surface area contributed by atoms with Crippen LogP contribution in [0.15, 0.2) is 65.4 Å². The van der Waals surface area contributed by atoms with E-state index in [9.17, 15) is 4.79 Å². The zero-order valence-corrected chi connectivity index (χ0v) is 13.2. The number of nitrogens with one attached hydrogen (secondary N) is 1. The number of hydrogen-bond donors (Lipinski definition) is 1. The van der Waals surface area contributed by atoms with Crippen LogP contribution in [0.3, 0.4) is 0 Å². The standard InChI is InChI=1S/C16H13BrN4O/c17-13-6-4-5-12(9-13)10-18-16(22)15-19-11-20-21(15)14-7-2-1-3-8-14/h1-9,11H,10H2,(H,18,22). The summed E-state index contributed by atoms with van der Waals surface area (Å²) in [7, 11) is 0. The van der Waals surface area contributed by atoms with Gasteiger partial charge in [0, 0.05) is 11.0 Å². The van der Waals surface area contributed by atoms with Gasteiger partial charge in [0.05, 0.1) is 5.69 Å². The summed E-state index contributed by atoms with van der Waals surface area (Å²) in [5.74, 6) is 0.00234. The number of benzene rings is 2. The van der Waals surface area contributed by atoms with E-state index < -0.39 is 0 Å². The fraction of sp³-hybridized carbons (Fsp3) is 0.0625. The van der Waals surface area contributed by atoms with Crippen molar-refractivity contribution in [1.29, 1.82) is 0 Å². The van der Waals surface area contributed by atoms with Crippen molar-refractivity contribution in [3.63, 3.8) is 0 Å². The van der Waals surface area contributed by atoms with E-state index in [0.717, 1.165) is 15.7 Å². The third kappa shape index (κ3) is 3.23. The van der Waals surface area contributed by atoms with E-state index in [-0.39, 0.29) is 11.7 Å². The van der Waals surface area contributed by atoms with E-state index >= 15 is 0 Å². The Kier molecular flexibility index (Phi) is 4.29. The fourth-order valence-electron chi connectivity index (χ4n) is 2.06. The van der Waals surface area contributed by atoms with Crippen molar-refractivity contribution in [2.24, 2.45) is 0 Å². The average Bonchev–Trinajstić information content (AvgIpc) is 3.03. The molecule has 5 nitrogen and oxygen atoms in total. The van der Waals surface area contributed by atoms with Crippen LogP contribution in [0.2, 0.25) is 0 Å². The molecule has 0 aliphatic heterocycles. The minimum absolute atomic E-state index is 0.263. The van der Waals surface area contributed by atoms with Gasteiger partial charge >= 0.3 is 0 Å². The number of carbonyl (C=O) groups excluding carboxylic acids is 1. The highest BCUT2D eigenvalue weighted by molar-refractivity contribution is 9.10. The molecule has 0 aliphatic rings. The van der Waals surface area contributed by atoms with Crippen LogP contribution in [0.5, 0.6) is 0 Å². The molecule has 1 heterocycles. The molecule has 0 atom stereocenters. The van der Waals surface area contributed by atoms with Gasteiger partial charge in [0.25, 0.3) is 5.91 Å². The molecule has 2 aromatic carbocycles. The second-order valence-corrected chi connectivity index (χ2v) is 5.56. The Balaban J connectivity index is 1.75. The van der Waals surface area contributed by atoms with Crippen molar-refractivity contribution in [3.8, 4) is 5.69 Å². The summed E-state index contributed by atoms with van der Waals surface area (Å²) < 4.78 is 2.50. The number of nitrogens with zero attached hydrogens (tertiary/aromatic N) is 3. The molecule has 0 saturated heterocycles. The topological polar surface area (TPSA) is 59.8 Å². The van der Waals surface area contributed by atoms with Gasteiger partial charge in [0.2, 0.25) is 5.82 Å². The highest BCUT2D eigenvalue weighted by Gasteiger charge is 2.14. The number of rotatable bonds is 4. The summed E-state index contributed by atoms with van der Waals surface area (Å²) in [6.45, 7) is 0.430. The first-order chi connectivity index (χ1) is 10.7. The zero-order valence-electron chi connectivity index (χ0n) is 11.6. The maximum absolute atomic E-state index is 12.3. The van der Waals surface area contributed by atoms with Crippen molar-refractivity contribution < 1.29 is 4.79 Å². The van der Waals surface area contributed by atoms with Gasteiger partial charge in [-0.15, -0.1) is 0 Å². The largest absolute Gasteiger partial charge is 0.345 e. The van der Waals surface area contributed by atoms with E-state index in [2.05, 4.69) is 31.3 Å². The number of hydrogen-bond acceptors (Lipinski definition) is 3. The maximum atomic E-state index is 12.3. The number of halogens is 1. The van der Waals surface area contributed by atoms with Crippen LogP contribution in [-0.2, 0) is 6.54 Å². The first-order valence-corrected chi connectivity index (χ1v) is 7.51. The lowest BCUT2D eigenvalue weighted by Crippen LogP contribution is -2.26. The molecule has 1 N–H and O–H groups in total. The Morgan fingerprint density at radius 3 is 2.73 bits per heavy atom. The molecule has 1 amide bonds. The lowest BCUT2D eigenvalue weighted by Gasteiger charge is -2.07. The molecule has 1 aromatic heterocycles. The molecule has 3 aromatic rings. The quantitative estimate of drug-likeness (QED) is 0.781. The third-order valence-electron chi connectivity index (χ3n) is 3.09. The molecule has 0 unspecified atom stereocenters. The predicted octanol–water partition coefficient (Wildman–Crippen LogP) is 2.96. The number of amides is 1. The molecule has 22 heavy (non-hydrogen) atoms. The van der Waals surface area contributed by atoms with Crippen molar-refractivity contribution in [2.45, 2.75) is 6.54 Å². The number of para-hydroxylation sites is 1. The molecule has 3 rings (SSSR count). The second kappa shape index (κ2) is 6.53. The van der Waals surface area contributed by atoms with Gasteiger partial charge in [-0.2, -0.15) is 5.10 Å². The van der Waals surface area contributed by atoms with Crippen LogP contribution < -0.4 is 5.32 Å². The third-order valence-corrected chi connectivity index (χ3v) is 3.59. The van der Waals surface area contributed by atoms with Gasteiger partial charge < -0.3 is 5.32 Å². The number of aromatic nitrogens is 3. The van der Waals surface area contributed by atoms with Crippen LogP contribution >= 0.6 is 15.9 Å². The average molecular weight is 357 g/mol. The molecule has 0 fully saturated rings. The van der Waals surface area contributed by atoms with E-state index in [0.29, 0.717) is 6.54 Å². The van der Waals surface area contributed by atoms with E-state index in [1.54, 1.807) is 0 Å². The summed E-state index contributed by atoms with van der Waals surface area (Å²) in [6.07, 6.45) is 1.38. The summed E-state index contributed by atoms with van der Waals surface area (Å²) in [5.41, 5.74) is 1.81. The molecule has 0 spiro atoms. The highest BCUT2D eigenvalue weighted by Crippen LogP contribution is 2.12. The smallest absolute Gasteiger partial charge is 0.289 e. The van der Waals surface area contributed by atoms with Gasteiger partial charge in [-0.3, -0.25) is 4.79 Å². The lowest BCUT2D eigenvalue weighted by atomic mass is 10.2. The van der Waals surface area contributed by atoms with Gasteiger partial charge in [0.15, 0.2) is 0 Å². The van der Waals surface area contributed by atoms with Gasteiger partial charge in [0.1, 0.15) is 6.33 Å².